The molecular formula is C33H30Cl2F3N3O4S. The van der Waals surface area contributed by atoms with Gasteiger partial charge in [0, 0.05) is 24.5 Å². The quantitative estimate of drug-likeness (QED) is 0.174. The molecule has 4 aromatic carbocycles. The first-order chi connectivity index (χ1) is 21.8. The first-order valence-electron chi connectivity index (χ1n) is 14.1. The molecule has 0 heterocycles. The molecule has 0 aliphatic carbocycles. The summed E-state index contributed by atoms with van der Waals surface area (Å²) in [4.78, 5) is 28.8. The van der Waals surface area contributed by atoms with E-state index in [0.717, 1.165) is 17.7 Å². The Morgan fingerprint density at radius 3 is 2.04 bits per heavy atom. The van der Waals surface area contributed by atoms with Gasteiger partial charge in [-0.15, -0.1) is 0 Å². The lowest BCUT2D eigenvalue weighted by Crippen LogP contribution is -2.53. The first kappa shape index (κ1) is 34.8. The second-order valence-corrected chi connectivity index (χ2v) is 12.9. The molecule has 0 unspecified atom stereocenters. The minimum Gasteiger partial charge on any atom is -0.355 e. The van der Waals surface area contributed by atoms with Crippen LogP contribution in [0.25, 0.3) is 0 Å². The van der Waals surface area contributed by atoms with Crippen molar-refractivity contribution in [1.82, 2.24) is 10.2 Å². The number of sulfonamides is 1. The first-order valence-corrected chi connectivity index (χ1v) is 16.3. The van der Waals surface area contributed by atoms with E-state index in [1.165, 1.54) is 29.2 Å². The molecule has 0 spiro atoms. The van der Waals surface area contributed by atoms with Gasteiger partial charge in [-0.1, -0.05) is 83.9 Å². The third-order valence-electron chi connectivity index (χ3n) is 7.04. The van der Waals surface area contributed by atoms with E-state index < -0.39 is 51.9 Å². The lowest BCUT2D eigenvalue weighted by atomic mass is 10.0. The number of halogens is 5. The molecule has 242 valence electrons. The van der Waals surface area contributed by atoms with E-state index in [1.807, 2.05) is 0 Å². The number of hydrogen-bond acceptors (Lipinski definition) is 4. The van der Waals surface area contributed by atoms with Gasteiger partial charge in [0.15, 0.2) is 0 Å². The van der Waals surface area contributed by atoms with Gasteiger partial charge in [0.1, 0.15) is 12.6 Å². The zero-order valence-corrected chi connectivity index (χ0v) is 26.9. The van der Waals surface area contributed by atoms with Crippen LogP contribution in [0.1, 0.15) is 23.6 Å². The second-order valence-electron chi connectivity index (χ2n) is 10.2. The van der Waals surface area contributed by atoms with Crippen LogP contribution >= 0.6 is 23.2 Å². The maximum atomic E-state index is 14.4. The van der Waals surface area contributed by atoms with Crippen molar-refractivity contribution < 1.29 is 31.2 Å². The minimum atomic E-state index is -4.83. The van der Waals surface area contributed by atoms with Crippen LogP contribution in [0.4, 0.5) is 18.9 Å². The topological polar surface area (TPSA) is 86.8 Å². The Labute approximate surface area is 275 Å². The van der Waals surface area contributed by atoms with E-state index in [4.69, 9.17) is 23.2 Å². The molecule has 0 aromatic heterocycles. The summed E-state index contributed by atoms with van der Waals surface area (Å²) in [5, 5.41) is 2.85. The van der Waals surface area contributed by atoms with Gasteiger partial charge in [-0.25, -0.2) is 8.42 Å². The minimum absolute atomic E-state index is 0.0712. The third kappa shape index (κ3) is 8.60. The highest BCUT2D eigenvalue weighted by molar-refractivity contribution is 7.92. The maximum Gasteiger partial charge on any atom is 0.416 e. The molecule has 0 aliphatic rings. The fourth-order valence-electron chi connectivity index (χ4n) is 4.75. The highest BCUT2D eigenvalue weighted by Crippen LogP contribution is 2.37. The number of likely N-dealkylation sites (N-methyl/N-ethyl adjacent to an activating group) is 1. The lowest BCUT2D eigenvalue weighted by molar-refractivity contribution is -0.140. The molecule has 0 bridgehead atoms. The van der Waals surface area contributed by atoms with E-state index in [-0.39, 0.29) is 29.4 Å². The zero-order chi connectivity index (χ0) is 33.5. The van der Waals surface area contributed by atoms with Crippen LogP contribution in [0.15, 0.2) is 108 Å². The normalized spacial score (nSPS) is 12.3. The van der Waals surface area contributed by atoms with E-state index in [9.17, 15) is 31.2 Å². The standard InChI is InChI=1S/C33H30Cl2F3N3O4S/c1-2-39-32(43)30(19-23-9-5-3-6-10-23)40(21-24-13-16-26(34)17-14-24)31(42)22-41(46(44,45)27-11-7-4-8-12-27)29-20-25(33(36,37)38)15-18-28(29)35/h3-18,20,30H,2,19,21-22H2,1H3,(H,39,43)/t30-/m1/s1. The number of benzene rings is 4. The SMILES string of the molecule is CCNC(=O)[C@@H](Cc1ccccc1)N(Cc1ccc(Cl)cc1)C(=O)CN(c1cc(C(F)(F)F)ccc1Cl)S(=O)(=O)c1ccccc1. The molecule has 0 aliphatic heterocycles. The molecule has 1 atom stereocenters. The van der Waals surface area contributed by atoms with Crippen molar-refractivity contribution in [3.63, 3.8) is 0 Å². The Morgan fingerprint density at radius 1 is 0.848 bits per heavy atom. The number of nitrogens with one attached hydrogen (secondary N) is 1. The molecule has 4 rings (SSSR count). The monoisotopic (exact) mass is 691 g/mol. The molecule has 46 heavy (non-hydrogen) atoms. The number of hydrogen-bond donors (Lipinski definition) is 1. The molecule has 13 heteroatoms. The summed E-state index contributed by atoms with van der Waals surface area (Å²) in [5.41, 5.74) is -0.398. The van der Waals surface area contributed by atoms with E-state index in [0.29, 0.717) is 21.0 Å². The molecule has 0 radical (unpaired) electrons. The molecule has 0 fully saturated rings. The van der Waals surface area contributed by atoms with Crippen LogP contribution in [-0.4, -0.2) is 44.3 Å². The van der Waals surface area contributed by atoms with E-state index in [1.54, 1.807) is 67.6 Å². The molecule has 0 saturated carbocycles. The summed E-state index contributed by atoms with van der Waals surface area (Å²) in [6, 6.07) is 23.5. The molecule has 4 aromatic rings. The van der Waals surface area contributed by atoms with Crippen molar-refractivity contribution in [3.8, 4) is 0 Å². The summed E-state index contributed by atoms with van der Waals surface area (Å²) >= 11 is 12.4. The Balaban J connectivity index is 1.86. The van der Waals surface area contributed by atoms with Gasteiger partial charge >= 0.3 is 6.18 Å². The van der Waals surface area contributed by atoms with Crippen molar-refractivity contribution in [2.75, 3.05) is 17.4 Å². The zero-order valence-electron chi connectivity index (χ0n) is 24.5. The van der Waals surface area contributed by atoms with Gasteiger partial charge in [-0.05, 0) is 60.5 Å². The van der Waals surface area contributed by atoms with Crippen LogP contribution in [-0.2, 0) is 38.8 Å². The number of anilines is 1. The molecule has 2 amide bonds. The van der Waals surface area contributed by atoms with Crippen molar-refractivity contribution in [2.24, 2.45) is 0 Å². The van der Waals surface area contributed by atoms with E-state index in [2.05, 4.69) is 5.32 Å². The number of carbonyl (C=O) groups excluding carboxylic acids is 2. The third-order valence-corrected chi connectivity index (χ3v) is 9.39. The predicted octanol–water partition coefficient (Wildman–Crippen LogP) is 6.98. The summed E-state index contributed by atoms with van der Waals surface area (Å²) in [6.07, 6.45) is -4.76. The highest BCUT2D eigenvalue weighted by atomic mass is 35.5. The average Bonchev–Trinajstić information content (AvgIpc) is 3.03. The smallest absolute Gasteiger partial charge is 0.355 e. The molecule has 7 nitrogen and oxygen atoms in total. The summed E-state index contributed by atoms with van der Waals surface area (Å²) in [7, 11) is -4.64. The van der Waals surface area contributed by atoms with E-state index >= 15 is 0 Å². The predicted molar refractivity (Wildman–Crippen MR) is 172 cm³/mol. The number of rotatable bonds is 12. The van der Waals surface area contributed by atoms with Gasteiger partial charge in [-0.3, -0.25) is 13.9 Å². The largest absolute Gasteiger partial charge is 0.416 e. The Bertz CT molecular complexity index is 1760. The van der Waals surface area contributed by atoms with Crippen LogP contribution in [0.3, 0.4) is 0 Å². The van der Waals surface area contributed by atoms with Gasteiger partial charge in [0.25, 0.3) is 10.0 Å². The summed E-state index contributed by atoms with van der Waals surface area (Å²) in [5.74, 6) is -1.35. The van der Waals surface area contributed by atoms with Crippen LogP contribution in [0, 0.1) is 0 Å². The molecule has 1 N–H and O–H groups in total. The fourth-order valence-corrected chi connectivity index (χ4v) is 6.59. The number of carbonyl (C=O) groups is 2. The van der Waals surface area contributed by atoms with Crippen LogP contribution in [0.2, 0.25) is 10.0 Å². The average molecular weight is 693 g/mol. The van der Waals surface area contributed by atoms with Crippen molar-refractivity contribution >= 4 is 50.7 Å². The van der Waals surface area contributed by atoms with Gasteiger partial charge in [0.05, 0.1) is 21.2 Å². The Hall–Kier alpha value is -4.06. The Kier molecular flexibility index (Phi) is 11.4. The van der Waals surface area contributed by atoms with Crippen molar-refractivity contribution in [3.05, 3.63) is 130 Å². The summed E-state index contributed by atoms with van der Waals surface area (Å²) < 4.78 is 69.9. The summed E-state index contributed by atoms with van der Waals surface area (Å²) in [6.45, 7) is 0.866. The number of nitrogens with zero attached hydrogens (tertiary/aromatic N) is 2. The molecule has 0 saturated heterocycles. The lowest BCUT2D eigenvalue weighted by Gasteiger charge is -2.34. The van der Waals surface area contributed by atoms with Crippen LogP contribution < -0.4 is 9.62 Å². The van der Waals surface area contributed by atoms with Gasteiger partial charge in [-0.2, -0.15) is 13.2 Å². The number of amides is 2. The van der Waals surface area contributed by atoms with Crippen molar-refractivity contribution in [1.29, 1.82) is 0 Å². The van der Waals surface area contributed by atoms with Crippen LogP contribution in [0.5, 0.6) is 0 Å². The second kappa shape index (κ2) is 15.0. The molecular weight excluding hydrogens is 662 g/mol. The number of alkyl halides is 3. The Morgan fingerprint density at radius 2 is 1.46 bits per heavy atom. The van der Waals surface area contributed by atoms with Gasteiger partial charge in [0.2, 0.25) is 11.8 Å². The fraction of sp³-hybridized carbons (Fsp3) is 0.212. The maximum absolute atomic E-state index is 14.4. The van der Waals surface area contributed by atoms with Crippen molar-refractivity contribution in [2.45, 2.75) is 37.0 Å². The highest BCUT2D eigenvalue weighted by Gasteiger charge is 2.37. The van der Waals surface area contributed by atoms with Gasteiger partial charge < -0.3 is 10.2 Å².